The number of halogens is 1. The maximum Gasteiger partial charge on any atom is 0.338 e. The van der Waals surface area contributed by atoms with Crippen molar-refractivity contribution in [2.75, 3.05) is 13.2 Å². The molecule has 1 aromatic heterocycles. The zero-order valence-corrected chi connectivity index (χ0v) is 21.6. The number of benzene rings is 2. The number of allylic oxidation sites excluding steroid dienone is 1. The predicted octanol–water partition coefficient (Wildman–Crippen LogP) is 3.37. The number of carbonyl (C=O) groups is 1. The van der Waals surface area contributed by atoms with Crippen LogP contribution in [-0.2, 0) is 9.53 Å². The molecule has 0 saturated heterocycles. The Morgan fingerprint density at radius 1 is 1.17 bits per heavy atom. The number of hydrogen-bond acceptors (Lipinski definition) is 8. The summed E-state index contributed by atoms with van der Waals surface area (Å²) in [7, 11) is 0. The first-order valence-corrected chi connectivity index (χ1v) is 12.5. The third-order valence-electron chi connectivity index (χ3n) is 5.41. The summed E-state index contributed by atoms with van der Waals surface area (Å²) in [5, 5.41) is 20.1. The molecule has 1 aliphatic heterocycles. The van der Waals surface area contributed by atoms with Crippen molar-refractivity contribution in [3.05, 3.63) is 83.0 Å². The minimum atomic E-state index is -0.747. The van der Waals surface area contributed by atoms with Crippen LogP contribution in [0.3, 0.4) is 0 Å². The Bertz CT molecular complexity index is 1500. The lowest BCUT2D eigenvalue weighted by Crippen LogP contribution is -2.39. The van der Waals surface area contributed by atoms with Gasteiger partial charge < -0.3 is 19.7 Å². The van der Waals surface area contributed by atoms with Crippen molar-refractivity contribution < 1.29 is 24.5 Å². The highest BCUT2D eigenvalue weighted by atomic mass is 79.9. The third kappa shape index (κ3) is 4.76. The van der Waals surface area contributed by atoms with Gasteiger partial charge in [0.05, 0.1) is 39.5 Å². The molecule has 2 heterocycles. The molecule has 3 aromatic rings. The number of esters is 1. The smallest absolute Gasteiger partial charge is 0.338 e. The fourth-order valence-electron chi connectivity index (χ4n) is 3.84. The van der Waals surface area contributed by atoms with Crippen LogP contribution in [0.15, 0.2) is 61.9 Å². The van der Waals surface area contributed by atoms with Gasteiger partial charge in [-0.2, -0.15) is 0 Å². The third-order valence-corrected chi connectivity index (χ3v) is 7.02. The van der Waals surface area contributed by atoms with Crippen molar-refractivity contribution in [2.45, 2.75) is 26.8 Å². The van der Waals surface area contributed by atoms with Gasteiger partial charge in [0, 0.05) is 11.6 Å². The molecule has 1 atom stereocenters. The van der Waals surface area contributed by atoms with Crippen LogP contribution in [0.1, 0.15) is 37.9 Å². The molecule has 2 N–H and O–H groups in total. The van der Waals surface area contributed by atoms with E-state index in [1.165, 1.54) is 22.8 Å². The molecule has 35 heavy (non-hydrogen) atoms. The SMILES string of the molecule is CCOC(=O)C1=C(C)N=c2sc(=Cc3cc(Br)c(O)cc3O)c(=O)n2C1c1ccc(OCC)cc1. The number of ether oxygens (including phenoxy) is 2. The predicted molar refractivity (Wildman–Crippen MR) is 135 cm³/mol. The molecule has 0 saturated carbocycles. The van der Waals surface area contributed by atoms with Crippen LogP contribution in [0, 0.1) is 0 Å². The number of phenolic OH excluding ortho intramolecular Hbond substituents is 2. The monoisotopic (exact) mass is 558 g/mol. The molecular formula is C25H23BrN2O6S. The summed E-state index contributed by atoms with van der Waals surface area (Å²) < 4.78 is 13.0. The molecule has 10 heteroatoms. The van der Waals surface area contributed by atoms with Crippen molar-refractivity contribution in [2.24, 2.45) is 4.99 Å². The molecule has 0 amide bonds. The lowest BCUT2D eigenvalue weighted by molar-refractivity contribution is -0.139. The van der Waals surface area contributed by atoms with Crippen molar-refractivity contribution in [3.8, 4) is 17.2 Å². The Hall–Kier alpha value is -3.37. The Morgan fingerprint density at radius 2 is 1.89 bits per heavy atom. The number of aromatic nitrogens is 1. The summed E-state index contributed by atoms with van der Waals surface area (Å²) in [5.74, 6) is -0.160. The fourth-order valence-corrected chi connectivity index (χ4v) is 5.24. The van der Waals surface area contributed by atoms with E-state index in [-0.39, 0.29) is 29.2 Å². The highest BCUT2D eigenvalue weighted by Gasteiger charge is 2.33. The van der Waals surface area contributed by atoms with E-state index in [4.69, 9.17) is 9.47 Å². The van der Waals surface area contributed by atoms with Crippen molar-refractivity contribution in [1.29, 1.82) is 0 Å². The van der Waals surface area contributed by atoms with E-state index >= 15 is 0 Å². The molecule has 182 valence electrons. The molecular weight excluding hydrogens is 536 g/mol. The van der Waals surface area contributed by atoms with Crippen molar-refractivity contribution in [3.63, 3.8) is 0 Å². The van der Waals surface area contributed by atoms with Gasteiger partial charge >= 0.3 is 5.97 Å². The Balaban J connectivity index is 1.93. The van der Waals surface area contributed by atoms with Gasteiger partial charge in [0.1, 0.15) is 17.2 Å². The molecule has 0 spiro atoms. The largest absolute Gasteiger partial charge is 0.507 e. The van der Waals surface area contributed by atoms with Gasteiger partial charge in [-0.05, 0) is 66.5 Å². The number of rotatable bonds is 6. The number of nitrogens with zero attached hydrogens (tertiary/aromatic N) is 2. The van der Waals surface area contributed by atoms with Crippen molar-refractivity contribution >= 4 is 39.3 Å². The molecule has 2 aromatic carbocycles. The van der Waals surface area contributed by atoms with Gasteiger partial charge in [0.2, 0.25) is 0 Å². The summed E-state index contributed by atoms with van der Waals surface area (Å²) in [4.78, 5) is 31.5. The molecule has 1 aliphatic rings. The van der Waals surface area contributed by atoms with Crippen LogP contribution in [0.2, 0.25) is 0 Å². The first-order valence-electron chi connectivity index (χ1n) is 10.9. The average Bonchev–Trinajstić information content (AvgIpc) is 3.12. The van der Waals surface area contributed by atoms with Crippen LogP contribution in [0.4, 0.5) is 0 Å². The van der Waals surface area contributed by atoms with Gasteiger partial charge in [0.25, 0.3) is 5.56 Å². The first-order chi connectivity index (χ1) is 16.7. The summed E-state index contributed by atoms with van der Waals surface area (Å²) >= 11 is 4.37. The van der Waals surface area contributed by atoms with Gasteiger partial charge in [-0.15, -0.1) is 0 Å². The Morgan fingerprint density at radius 3 is 2.54 bits per heavy atom. The van der Waals surface area contributed by atoms with E-state index in [1.807, 2.05) is 19.1 Å². The molecule has 0 bridgehead atoms. The zero-order valence-electron chi connectivity index (χ0n) is 19.2. The summed E-state index contributed by atoms with van der Waals surface area (Å²) in [6, 6.07) is 9.17. The molecule has 0 radical (unpaired) electrons. The highest BCUT2D eigenvalue weighted by Crippen LogP contribution is 2.33. The topological polar surface area (TPSA) is 110 Å². The lowest BCUT2D eigenvalue weighted by atomic mass is 9.96. The number of phenols is 2. The number of aromatic hydroxyl groups is 2. The zero-order chi connectivity index (χ0) is 25.3. The van der Waals surface area contributed by atoms with Gasteiger partial charge in [-0.25, -0.2) is 9.79 Å². The quantitative estimate of drug-likeness (QED) is 0.449. The van der Waals surface area contributed by atoms with Crippen LogP contribution in [0.5, 0.6) is 17.2 Å². The van der Waals surface area contributed by atoms with Gasteiger partial charge in [-0.3, -0.25) is 9.36 Å². The van der Waals surface area contributed by atoms with E-state index < -0.39 is 12.0 Å². The van der Waals surface area contributed by atoms with Crippen LogP contribution < -0.4 is 19.6 Å². The highest BCUT2D eigenvalue weighted by molar-refractivity contribution is 9.10. The van der Waals surface area contributed by atoms with E-state index in [9.17, 15) is 19.8 Å². The molecule has 0 fully saturated rings. The second-order valence-electron chi connectivity index (χ2n) is 7.67. The van der Waals surface area contributed by atoms with E-state index in [1.54, 1.807) is 26.0 Å². The minimum Gasteiger partial charge on any atom is -0.507 e. The Kier molecular flexibility index (Phi) is 7.13. The summed E-state index contributed by atoms with van der Waals surface area (Å²) in [5.41, 5.74) is 1.42. The second kappa shape index (κ2) is 10.1. The maximum absolute atomic E-state index is 13.6. The molecule has 4 rings (SSSR count). The van der Waals surface area contributed by atoms with Crippen LogP contribution in [0.25, 0.3) is 6.08 Å². The Labute approximate surface area is 213 Å². The standard InChI is InChI=1S/C25H23BrN2O6S/c1-4-33-16-8-6-14(7-9-16)22-21(24(32)34-5-2)13(3)27-25-28(22)23(31)20(35-25)11-15-10-17(26)19(30)12-18(15)29/h6-12,22,29-30H,4-5H2,1-3H3. The number of hydrogen-bond donors (Lipinski definition) is 2. The normalized spacial score (nSPS) is 15.5. The molecule has 1 unspecified atom stereocenters. The van der Waals surface area contributed by atoms with E-state index in [0.717, 1.165) is 11.3 Å². The molecule has 8 nitrogen and oxygen atoms in total. The number of fused-ring (bicyclic) bond motifs is 1. The first kappa shape index (κ1) is 24.7. The number of thiazole rings is 1. The van der Waals surface area contributed by atoms with Gasteiger partial charge in [-0.1, -0.05) is 23.5 Å². The van der Waals surface area contributed by atoms with E-state index in [0.29, 0.717) is 43.0 Å². The lowest BCUT2D eigenvalue weighted by Gasteiger charge is -2.24. The summed E-state index contributed by atoms with van der Waals surface area (Å²) in [6.45, 7) is 6.03. The molecule has 0 aliphatic carbocycles. The van der Waals surface area contributed by atoms with Crippen LogP contribution in [-0.4, -0.2) is 34.0 Å². The average molecular weight is 559 g/mol. The second-order valence-corrected chi connectivity index (χ2v) is 9.53. The van der Waals surface area contributed by atoms with Crippen LogP contribution >= 0.6 is 27.3 Å². The van der Waals surface area contributed by atoms with Gasteiger partial charge in [0.15, 0.2) is 4.80 Å². The number of carbonyl (C=O) groups excluding carboxylic acids is 1. The summed E-state index contributed by atoms with van der Waals surface area (Å²) in [6.07, 6.45) is 1.53. The minimum absolute atomic E-state index is 0.119. The van der Waals surface area contributed by atoms with Crippen molar-refractivity contribution in [1.82, 2.24) is 4.57 Å². The maximum atomic E-state index is 13.6. The van der Waals surface area contributed by atoms with E-state index in [2.05, 4.69) is 20.9 Å². The fraction of sp³-hybridized carbons (Fsp3) is 0.240.